The molecule has 31 heavy (non-hydrogen) atoms. The maximum atomic E-state index is 13.3. The second-order valence-corrected chi connectivity index (χ2v) is 9.38. The molecular weight excluding hydrogens is 412 g/mol. The standard InChI is InChI=1S/C24H24N2O4S/c1-18(20-12-6-3-7-13-20)25-24(27)23-16-26(21-14-8-9-15-22(21)30-23)31(28,29)17-19-10-4-2-5-11-19/h2-15,18,23H,16-17H2,1H3,(H,25,27)/t18-,23-/m1/s1. The zero-order valence-electron chi connectivity index (χ0n) is 17.1. The van der Waals surface area contributed by atoms with Gasteiger partial charge in [0.15, 0.2) is 6.10 Å². The van der Waals surface area contributed by atoms with Gasteiger partial charge in [0.25, 0.3) is 5.91 Å². The number of anilines is 1. The summed E-state index contributed by atoms with van der Waals surface area (Å²) in [6.45, 7) is 1.80. The van der Waals surface area contributed by atoms with Crippen molar-refractivity contribution in [2.45, 2.75) is 24.8 Å². The third-order valence-electron chi connectivity index (χ3n) is 5.21. The highest BCUT2D eigenvalue weighted by atomic mass is 32.2. The average molecular weight is 437 g/mol. The Balaban J connectivity index is 1.57. The second-order valence-electron chi connectivity index (χ2n) is 7.49. The zero-order chi connectivity index (χ0) is 21.8. The lowest BCUT2D eigenvalue weighted by atomic mass is 10.1. The molecule has 0 bridgehead atoms. The van der Waals surface area contributed by atoms with E-state index in [2.05, 4.69) is 5.32 Å². The van der Waals surface area contributed by atoms with Gasteiger partial charge in [0, 0.05) is 0 Å². The number of carbonyl (C=O) groups excluding carboxylic acids is 1. The molecule has 0 aromatic heterocycles. The van der Waals surface area contributed by atoms with Gasteiger partial charge in [0.1, 0.15) is 5.75 Å². The van der Waals surface area contributed by atoms with Gasteiger partial charge in [-0.25, -0.2) is 8.42 Å². The van der Waals surface area contributed by atoms with E-state index in [4.69, 9.17) is 4.74 Å². The summed E-state index contributed by atoms with van der Waals surface area (Å²) in [4.78, 5) is 13.0. The summed E-state index contributed by atoms with van der Waals surface area (Å²) in [5.41, 5.74) is 2.09. The van der Waals surface area contributed by atoms with Gasteiger partial charge in [-0.1, -0.05) is 72.8 Å². The number of nitrogens with one attached hydrogen (secondary N) is 1. The van der Waals surface area contributed by atoms with Gasteiger partial charge >= 0.3 is 0 Å². The van der Waals surface area contributed by atoms with Crippen molar-refractivity contribution >= 4 is 21.6 Å². The van der Waals surface area contributed by atoms with E-state index in [0.29, 0.717) is 17.0 Å². The zero-order valence-corrected chi connectivity index (χ0v) is 18.0. The molecule has 160 valence electrons. The Kier molecular flexibility index (Phi) is 5.95. The molecule has 0 radical (unpaired) electrons. The molecule has 3 aromatic rings. The van der Waals surface area contributed by atoms with Crippen LogP contribution in [0.2, 0.25) is 0 Å². The number of para-hydroxylation sites is 2. The van der Waals surface area contributed by atoms with Gasteiger partial charge in [-0.2, -0.15) is 0 Å². The molecule has 0 spiro atoms. The quantitative estimate of drug-likeness (QED) is 0.640. The first-order chi connectivity index (χ1) is 14.9. The predicted octanol–water partition coefficient (Wildman–Crippen LogP) is 3.66. The van der Waals surface area contributed by atoms with Gasteiger partial charge in [-0.15, -0.1) is 0 Å². The Morgan fingerprint density at radius 1 is 1.00 bits per heavy atom. The third-order valence-corrected chi connectivity index (χ3v) is 6.93. The first-order valence-electron chi connectivity index (χ1n) is 10.1. The highest BCUT2D eigenvalue weighted by Crippen LogP contribution is 2.35. The van der Waals surface area contributed by atoms with Crippen molar-refractivity contribution in [1.29, 1.82) is 0 Å². The van der Waals surface area contributed by atoms with Crippen molar-refractivity contribution in [2.75, 3.05) is 10.8 Å². The third kappa shape index (κ3) is 4.72. The number of sulfonamides is 1. The average Bonchev–Trinajstić information content (AvgIpc) is 2.79. The predicted molar refractivity (Wildman–Crippen MR) is 120 cm³/mol. The van der Waals surface area contributed by atoms with E-state index < -0.39 is 16.1 Å². The van der Waals surface area contributed by atoms with Crippen molar-refractivity contribution < 1.29 is 17.9 Å². The summed E-state index contributed by atoms with van der Waals surface area (Å²) in [5.74, 6) is -0.139. The van der Waals surface area contributed by atoms with Crippen molar-refractivity contribution in [3.8, 4) is 5.75 Å². The number of nitrogens with zero attached hydrogens (tertiary/aromatic N) is 1. The lowest BCUT2D eigenvalue weighted by Crippen LogP contribution is -2.51. The van der Waals surface area contributed by atoms with Gasteiger partial charge in [-0.05, 0) is 30.2 Å². The van der Waals surface area contributed by atoms with Crippen LogP contribution in [0.3, 0.4) is 0 Å². The second kappa shape index (κ2) is 8.81. The summed E-state index contributed by atoms with van der Waals surface area (Å²) in [6, 6.07) is 25.2. The summed E-state index contributed by atoms with van der Waals surface area (Å²) in [6.07, 6.45) is -0.952. The largest absolute Gasteiger partial charge is 0.476 e. The Bertz CT molecular complexity index is 1150. The smallest absolute Gasteiger partial charge is 0.263 e. The fraction of sp³-hybridized carbons (Fsp3) is 0.208. The number of hydrogen-bond acceptors (Lipinski definition) is 4. The van der Waals surface area contributed by atoms with Gasteiger partial charge in [0.2, 0.25) is 10.0 Å². The lowest BCUT2D eigenvalue weighted by Gasteiger charge is -2.35. The molecule has 0 fully saturated rings. The Hall–Kier alpha value is -3.32. The van der Waals surface area contributed by atoms with Crippen molar-refractivity contribution in [3.63, 3.8) is 0 Å². The highest BCUT2D eigenvalue weighted by molar-refractivity contribution is 7.92. The van der Waals surface area contributed by atoms with Crippen LogP contribution in [0.25, 0.3) is 0 Å². The molecule has 1 N–H and O–H groups in total. The van der Waals surface area contributed by atoms with Crippen LogP contribution in [0.4, 0.5) is 5.69 Å². The van der Waals surface area contributed by atoms with Crippen LogP contribution in [0, 0.1) is 0 Å². The first-order valence-corrected chi connectivity index (χ1v) is 11.7. The van der Waals surface area contributed by atoms with Gasteiger partial charge < -0.3 is 10.1 Å². The Labute approximate surface area is 182 Å². The molecule has 1 heterocycles. The van der Waals surface area contributed by atoms with E-state index in [-0.39, 0.29) is 24.2 Å². The number of hydrogen-bond donors (Lipinski definition) is 1. The molecule has 6 nitrogen and oxygen atoms in total. The normalized spacial score (nSPS) is 16.7. The molecule has 1 amide bonds. The number of fused-ring (bicyclic) bond motifs is 1. The van der Waals surface area contributed by atoms with Gasteiger partial charge in [0.05, 0.1) is 24.0 Å². The van der Waals surface area contributed by atoms with Gasteiger partial charge in [-0.3, -0.25) is 9.10 Å². The highest BCUT2D eigenvalue weighted by Gasteiger charge is 2.37. The maximum Gasteiger partial charge on any atom is 0.263 e. The summed E-state index contributed by atoms with van der Waals surface area (Å²) in [5, 5.41) is 2.93. The van der Waals surface area contributed by atoms with Crippen LogP contribution in [0.5, 0.6) is 5.75 Å². The monoisotopic (exact) mass is 436 g/mol. The van der Waals surface area contributed by atoms with E-state index >= 15 is 0 Å². The maximum absolute atomic E-state index is 13.3. The van der Waals surface area contributed by atoms with Crippen LogP contribution in [0.15, 0.2) is 84.9 Å². The Morgan fingerprint density at radius 3 is 2.32 bits per heavy atom. The minimum Gasteiger partial charge on any atom is -0.476 e. The molecule has 0 unspecified atom stereocenters. The minimum atomic E-state index is -3.72. The van der Waals surface area contributed by atoms with Crippen molar-refractivity contribution in [1.82, 2.24) is 5.32 Å². The molecule has 7 heteroatoms. The number of amides is 1. The van der Waals surface area contributed by atoms with Crippen LogP contribution in [-0.2, 0) is 20.6 Å². The Morgan fingerprint density at radius 2 is 1.61 bits per heavy atom. The van der Waals surface area contributed by atoms with Crippen LogP contribution in [-0.4, -0.2) is 27.0 Å². The van der Waals surface area contributed by atoms with E-state index in [1.165, 1.54) is 4.31 Å². The lowest BCUT2D eigenvalue weighted by molar-refractivity contribution is -0.128. The molecule has 0 saturated carbocycles. The summed E-state index contributed by atoms with van der Waals surface area (Å²) in [7, 11) is -3.72. The van der Waals surface area contributed by atoms with Crippen LogP contribution in [0.1, 0.15) is 24.1 Å². The number of ether oxygens (including phenoxy) is 1. The summed E-state index contributed by atoms with van der Waals surface area (Å²) >= 11 is 0. The summed E-state index contributed by atoms with van der Waals surface area (Å²) < 4.78 is 33.7. The van der Waals surface area contributed by atoms with Crippen molar-refractivity contribution in [3.05, 3.63) is 96.1 Å². The van der Waals surface area contributed by atoms with Crippen LogP contribution >= 0.6 is 0 Å². The van der Waals surface area contributed by atoms with Crippen LogP contribution < -0.4 is 14.4 Å². The number of rotatable bonds is 6. The molecule has 2 atom stereocenters. The topological polar surface area (TPSA) is 75.7 Å². The molecule has 3 aromatic carbocycles. The molecule has 0 aliphatic carbocycles. The minimum absolute atomic E-state index is 0.0838. The van der Waals surface area contributed by atoms with E-state index in [0.717, 1.165) is 5.56 Å². The van der Waals surface area contributed by atoms with Crippen molar-refractivity contribution in [2.24, 2.45) is 0 Å². The molecule has 1 aliphatic heterocycles. The van der Waals surface area contributed by atoms with E-state index in [1.54, 1.807) is 48.5 Å². The molecular formula is C24H24N2O4S. The molecule has 1 aliphatic rings. The fourth-order valence-electron chi connectivity index (χ4n) is 3.60. The molecule has 4 rings (SSSR count). The fourth-order valence-corrected chi connectivity index (χ4v) is 5.18. The van der Waals surface area contributed by atoms with E-state index in [1.807, 2.05) is 43.3 Å². The van der Waals surface area contributed by atoms with E-state index in [9.17, 15) is 13.2 Å². The first kappa shape index (κ1) is 20.9. The molecule has 0 saturated heterocycles. The SMILES string of the molecule is C[C@@H](NC(=O)[C@H]1CN(S(=O)(=O)Cc2ccccc2)c2ccccc2O1)c1ccccc1. The number of carbonyl (C=O) groups is 1. The number of benzene rings is 3.